The van der Waals surface area contributed by atoms with E-state index in [9.17, 15) is 4.79 Å². The molecule has 3 aromatic rings. The van der Waals surface area contributed by atoms with E-state index in [0.29, 0.717) is 0 Å². The second-order valence-electron chi connectivity index (χ2n) is 6.40. The van der Waals surface area contributed by atoms with Crippen molar-refractivity contribution in [2.75, 3.05) is 5.01 Å². The van der Waals surface area contributed by atoms with Gasteiger partial charge in [0.25, 0.3) is 5.91 Å². The minimum atomic E-state index is -0.431. The normalized spacial score (nSPS) is 16.8. The van der Waals surface area contributed by atoms with E-state index in [2.05, 4.69) is 22.2 Å². The molecule has 0 fully saturated rings. The SMILES string of the molecule is CC1=NN(c2ccccc2)C(=O)[C@@H]1C=Nc1ccc(-c2ccccc2)cc1. The fourth-order valence-electron chi connectivity index (χ4n) is 3.04. The van der Waals surface area contributed by atoms with Crippen molar-refractivity contribution in [1.82, 2.24) is 0 Å². The van der Waals surface area contributed by atoms with Crippen LogP contribution in [0.1, 0.15) is 6.92 Å². The first-order chi connectivity index (χ1) is 13.2. The Morgan fingerprint density at radius 3 is 2.11 bits per heavy atom. The van der Waals surface area contributed by atoms with Crippen molar-refractivity contribution in [3.8, 4) is 11.1 Å². The van der Waals surface area contributed by atoms with Gasteiger partial charge in [0, 0.05) is 6.21 Å². The third-order valence-electron chi connectivity index (χ3n) is 4.53. The number of hydrogen-bond donors (Lipinski definition) is 0. The van der Waals surface area contributed by atoms with Crippen molar-refractivity contribution in [2.24, 2.45) is 16.0 Å². The van der Waals surface area contributed by atoms with Crippen molar-refractivity contribution in [3.05, 3.63) is 84.9 Å². The molecule has 0 unspecified atom stereocenters. The Morgan fingerprint density at radius 2 is 1.44 bits per heavy atom. The third-order valence-corrected chi connectivity index (χ3v) is 4.53. The van der Waals surface area contributed by atoms with Crippen LogP contribution >= 0.6 is 0 Å². The molecule has 0 saturated heterocycles. The average Bonchev–Trinajstić information content (AvgIpc) is 3.02. The number of benzene rings is 3. The third kappa shape index (κ3) is 3.55. The number of hydrazone groups is 1. The van der Waals surface area contributed by atoms with Gasteiger partial charge in [-0.1, -0.05) is 60.7 Å². The molecule has 1 aliphatic heterocycles. The van der Waals surface area contributed by atoms with Crippen molar-refractivity contribution in [3.63, 3.8) is 0 Å². The van der Waals surface area contributed by atoms with E-state index >= 15 is 0 Å². The first-order valence-corrected chi connectivity index (χ1v) is 8.86. The lowest BCUT2D eigenvalue weighted by molar-refractivity contribution is -0.118. The molecular formula is C23H19N3O. The number of carbonyl (C=O) groups is 1. The number of carbonyl (C=O) groups excluding carboxylic acids is 1. The number of aliphatic imine (C=N–C) groups is 1. The quantitative estimate of drug-likeness (QED) is 0.602. The van der Waals surface area contributed by atoms with Crippen LogP contribution in [0.2, 0.25) is 0 Å². The van der Waals surface area contributed by atoms with Gasteiger partial charge < -0.3 is 0 Å². The molecule has 1 atom stereocenters. The Hall–Kier alpha value is -3.53. The minimum absolute atomic E-state index is 0.0802. The largest absolute Gasteiger partial charge is 0.271 e. The van der Waals surface area contributed by atoms with E-state index in [4.69, 9.17) is 0 Å². The van der Waals surface area contributed by atoms with Gasteiger partial charge in [0.2, 0.25) is 0 Å². The van der Waals surface area contributed by atoms with Gasteiger partial charge in [0.05, 0.1) is 17.1 Å². The lowest BCUT2D eigenvalue weighted by atomic mass is 10.1. The molecule has 4 heteroatoms. The molecule has 3 aromatic carbocycles. The molecule has 1 amide bonds. The summed E-state index contributed by atoms with van der Waals surface area (Å²) in [7, 11) is 0. The fraction of sp³-hybridized carbons (Fsp3) is 0.0870. The Kier molecular flexibility index (Phi) is 4.62. The molecule has 0 spiro atoms. The van der Waals surface area contributed by atoms with Crippen LogP contribution in [0.25, 0.3) is 11.1 Å². The first kappa shape index (κ1) is 16.9. The molecule has 1 aliphatic rings. The molecule has 0 saturated carbocycles. The Bertz CT molecular complexity index is 993. The van der Waals surface area contributed by atoms with Crippen LogP contribution in [-0.4, -0.2) is 17.8 Å². The summed E-state index contributed by atoms with van der Waals surface area (Å²) in [5.74, 6) is -0.512. The molecule has 0 aliphatic carbocycles. The summed E-state index contributed by atoms with van der Waals surface area (Å²) in [6.45, 7) is 1.86. The van der Waals surface area contributed by atoms with Gasteiger partial charge in [-0.2, -0.15) is 10.1 Å². The zero-order valence-corrected chi connectivity index (χ0v) is 15.0. The Balaban J connectivity index is 1.50. The average molecular weight is 353 g/mol. The zero-order valence-electron chi connectivity index (χ0n) is 15.0. The molecule has 132 valence electrons. The predicted octanol–water partition coefficient (Wildman–Crippen LogP) is 5.09. The second-order valence-corrected chi connectivity index (χ2v) is 6.40. The highest BCUT2D eigenvalue weighted by Gasteiger charge is 2.33. The number of anilines is 1. The van der Waals surface area contributed by atoms with Gasteiger partial charge in [-0.15, -0.1) is 0 Å². The summed E-state index contributed by atoms with van der Waals surface area (Å²) in [6, 6.07) is 27.6. The topological polar surface area (TPSA) is 45.0 Å². The maximum absolute atomic E-state index is 12.7. The maximum Gasteiger partial charge on any atom is 0.261 e. The Morgan fingerprint density at radius 1 is 0.852 bits per heavy atom. The summed E-state index contributed by atoms with van der Waals surface area (Å²) in [4.78, 5) is 17.2. The number of hydrogen-bond acceptors (Lipinski definition) is 3. The number of para-hydroxylation sites is 1. The second kappa shape index (κ2) is 7.38. The van der Waals surface area contributed by atoms with Gasteiger partial charge in [-0.3, -0.25) is 9.79 Å². The number of nitrogens with zero attached hydrogens (tertiary/aromatic N) is 3. The van der Waals surface area contributed by atoms with Gasteiger partial charge in [0.15, 0.2) is 0 Å². The molecule has 0 aromatic heterocycles. The lowest BCUT2D eigenvalue weighted by Crippen LogP contribution is -2.27. The van der Waals surface area contributed by atoms with Gasteiger partial charge in [-0.25, -0.2) is 0 Å². The smallest absolute Gasteiger partial charge is 0.261 e. The van der Waals surface area contributed by atoms with Crippen molar-refractivity contribution in [2.45, 2.75) is 6.92 Å². The molecule has 4 rings (SSSR count). The van der Waals surface area contributed by atoms with E-state index in [1.807, 2.05) is 79.7 Å². The van der Waals surface area contributed by atoms with Gasteiger partial charge in [-0.05, 0) is 42.3 Å². The highest BCUT2D eigenvalue weighted by atomic mass is 16.2. The maximum atomic E-state index is 12.7. The molecule has 0 N–H and O–H groups in total. The monoisotopic (exact) mass is 353 g/mol. The highest BCUT2D eigenvalue weighted by molar-refractivity contribution is 6.23. The van der Waals surface area contributed by atoms with Crippen LogP contribution in [-0.2, 0) is 4.79 Å². The van der Waals surface area contributed by atoms with Crippen LogP contribution in [0.3, 0.4) is 0 Å². The lowest BCUT2D eigenvalue weighted by Gasteiger charge is -2.12. The predicted molar refractivity (Wildman–Crippen MR) is 111 cm³/mol. The molecule has 1 heterocycles. The molecular weight excluding hydrogens is 334 g/mol. The molecule has 0 bridgehead atoms. The van der Waals surface area contributed by atoms with E-state index in [1.54, 1.807) is 6.21 Å². The molecule has 4 nitrogen and oxygen atoms in total. The van der Waals surface area contributed by atoms with Crippen molar-refractivity contribution in [1.29, 1.82) is 0 Å². The van der Waals surface area contributed by atoms with Crippen LogP contribution in [0.4, 0.5) is 11.4 Å². The van der Waals surface area contributed by atoms with Gasteiger partial charge in [0.1, 0.15) is 5.92 Å². The number of rotatable bonds is 4. The summed E-state index contributed by atoms with van der Waals surface area (Å²) in [5, 5.41) is 5.85. The van der Waals surface area contributed by atoms with Crippen LogP contribution in [0.15, 0.2) is 95.0 Å². The summed E-state index contributed by atoms with van der Waals surface area (Å²) in [5.41, 5.74) is 4.63. The fourth-order valence-corrected chi connectivity index (χ4v) is 3.04. The molecule has 0 radical (unpaired) electrons. The van der Waals surface area contributed by atoms with E-state index in [-0.39, 0.29) is 5.91 Å². The summed E-state index contributed by atoms with van der Waals surface area (Å²) in [6.07, 6.45) is 1.68. The Labute approximate surface area is 158 Å². The summed E-state index contributed by atoms with van der Waals surface area (Å²) >= 11 is 0. The van der Waals surface area contributed by atoms with Crippen molar-refractivity contribution >= 4 is 29.2 Å². The van der Waals surface area contributed by atoms with Crippen molar-refractivity contribution < 1.29 is 4.79 Å². The zero-order chi connectivity index (χ0) is 18.6. The van der Waals surface area contributed by atoms with Crippen LogP contribution in [0.5, 0.6) is 0 Å². The summed E-state index contributed by atoms with van der Waals surface area (Å²) < 4.78 is 0. The van der Waals surface area contributed by atoms with E-state index < -0.39 is 5.92 Å². The number of amides is 1. The van der Waals surface area contributed by atoms with Crippen LogP contribution in [0, 0.1) is 5.92 Å². The highest BCUT2D eigenvalue weighted by Crippen LogP contribution is 2.25. The molecule has 27 heavy (non-hydrogen) atoms. The van der Waals surface area contributed by atoms with Crippen LogP contribution < -0.4 is 5.01 Å². The van der Waals surface area contributed by atoms with E-state index in [0.717, 1.165) is 22.6 Å². The van der Waals surface area contributed by atoms with E-state index in [1.165, 1.54) is 10.6 Å². The standard InChI is InChI=1S/C23H19N3O/c1-17-22(23(27)26(25-17)21-10-6-3-7-11-21)16-24-20-14-12-19(13-15-20)18-8-4-2-5-9-18/h2-16,22H,1H3/t22-/m1/s1. The minimum Gasteiger partial charge on any atom is -0.271 e. The first-order valence-electron chi connectivity index (χ1n) is 8.86. The van der Waals surface area contributed by atoms with Gasteiger partial charge >= 0.3 is 0 Å².